The molecule has 2 heteroatoms. The van der Waals surface area contributed by atoms with E-state index in [2.05, 4.69) is 228 Å². The predicted molar refractivity (Wildman–Crippen MR) is 240 cm³/mol. The zero-order valence-corrected chi connectivity index (χ0v) is 30.7. The van der Waals surface area contributed by atoms with Crippen molar-refractivity contribution in [2.24, 2.45) is 0 Å². The van der Waals surface area contributed by atoms with Gasteiger partial charge in [0.05, 0.1) is 17.1 Å². The molecule has 0 radical (unpaired) electrons. The van der Waals surface area contributed by atoms with Crippen molar-refractivity contribution in [2.45, 2.75) is 0 Å². The van der Waals surface area contributed by atoms with Gasteiger partial charge in [0.1, 0.15) is 0 Å². The zero-order chi connectivity index (χ0) is 37.0. The summed E-state index contributed by atoms with van der Waals surface area (Å²) in [5, 5.41) is 12.5. The Hall–Kier alpha value is -7.42. The maximum Gasteiger partial charge on any atom is 0.0547 e. The summed E-state index contributed by atoms with van der Waals surface area (Å²) < 4.78 is 0. The van der Waals surface area contributed by atoms with Gasteiger partial charge in [-0.2, -0.15) is 0 Å². The van der Waals surface area contributed by atoms with E-state index in [-0.39, 0.29) is 0 Å². The average Bonchev–Trinajstić information content (AvgIpc) is 3.27. The lowest BCUT2D eigenvalue weighted by Gasteiger charge is -2.30. The Labute approximate surface area is 326 Å². The fourth-order valence-electron chi connectivity index (χ4n) is 8.82. The van der Waals surface area contributed by atoms with Crippen LogP contribution in [0.2, 0.25) is 0 Å². The normalized spacial score (nSPS) is 11.6. The third kappa shape index (κ3) is 5.19. The molecule has 262 valence electrons. The van der Waals surface area contributed by atoms with Crippen molar-refractivity contribution >= 4 is 88.0 Å². The molecule has 11 rings (SSSR count). The van der Waals surface area contributed by atoms with Crippen LogP contribution in [0.3, 0.4) is 0 Å². The number of anilines is 6. The van der Waals surface area contributed by atoms with E-state index in [1.807, 2.05) is 0 Å². The van der Waals surface area contributed by atoms with Crippen molar-refractivity contribution in [3.63, 3.8) is 0 Å². The van der Waals surface area contributed by atoms with Crippen molar-refractivity contribution < 1.29 is 0 Å². The lowest BCUT2D eigenvalue weighted by molar-refractivity contribution is 1.30. The van der Waals surface area contributed by atoms with Gasteiger partial charge in [-0.25, -0.2) is 0 Å². The van der Waals surface area contributed by atoms with E-state index in [4.69, 9.17) is 0 Å². The van der Waals surface area contributed by atoms with Crippen LogP contribution in [-0.4, -0.2) is 0 Å². The molecular formula is C54H36N2. The Balaban J connectivity index is 1.16. The maximum atomic E-state index is 2.46. The number of nitrogens with zero attached hydrogens (tertiary/aromatic N) is 2. The highest BCUT2D eigenvalue weighted by Crippen LogP contribution is 2.49. The average molecular weight is 713 g/mol. The van der Waals surface area contributed by atoms with E-state index in [9.17, 15) is 0 Å². The highest BCUT2D eigenvalue weighted by atomic mass is 15.1. The third-order valence-electron chi connectivity index (χ3n) is 11.3. The van der Waals surface area contributed by atoms with Crippen molar-refractivity contribution in [3.05, 3.63) is 218 Å². The molecule has 0 aliphatic heterocycles. The minimum atomic E-state index is 1.11. The van der Waals surface area contributed by atoms with Gasteiger partial charge >= 0.3 is 0 Å². The molecule has 56 heavy (non-hydrogen) atoms. The summed E-state index contributed by atoms with van der Waals surface area (Å²) in [7, 11) is 0. The van der Waals surface area contributed by atoms with Crippen LogP contribution in [0.4, 0.5) is 34.1 Å². The van der Waals surface area contributed by atoms with Gasteiger partial charge in [0, 0.05) is 38.6 Å². The van der Waals surface area contributed by atoms with E-state index < -0.39 is 0 Å². The van der Waals surface area contributed by atoms with Crippen LogP contribution < -0.4 is 9.80 Å². The first kappa shape index (κ1) is 32.0. The summed E-state index contributed by atoms with van der Waals surface area (Å²) >= 11 is 0. The van der Waals surface area contributed by atoms with E-state index in [0.29, 0.717) is 0 Å². The van der Waals surface area contributed by atoms with Crippen molar-refractivity contribution in [1.82, 2.24) is 0 Å². The molecule has 0 bridgehead atoms. The minimum Gasteiger partial charge on any atom is -0.310 e. The first-order valence-corrected chi connectivity index (χ1v) is 19.3. The molecule has 11 aromatic carbocycles. The summed E-state index contributed by atoms with van der Waals surface area (Å²) in [6, 6.07) is 79.5. The SMILES string of the molecule is c1ccc(N(c2ccc(-c3cc(N(c4ccccc4)c4cccc5ccccc45)c4ccc5cccc6ccc3c4c65)cc2)c2cccc3ccccc23)cc1. The Morgan fingerprint density at radius 3 is 1.34 bits per heavy atom. The summed E-state index contributed by atoms with van der Waals surface area (Å²) in [6.45, 7) is 0. The van der Waals surface area contributed by atoms with Gasteiger partial charge in [-0.3, -0.25) is 0 Å². The zero-order valence-electron chi connectivity index (χ0n) is 30.7. The highest BCUT2D eigenvalue weighted by Gasteiger charge is 2.23. The van der Waals surface area contributed by atoms with E-state index >= 15 is 0 Å². The smallest absolute Gasteiger partial charge is 0.0547 e. The summed E-state index contributed by atoms with van der Waals surface area (Å²) in [5.41, 5.74) is 9.18. The molecule has 0 saturated carbocycles. The van der Waals surface area contributed by atoms with E-state index in [1.54, 1.807) is 0 Å². The lowest BCUT2D eigenvalue weighted by Crippen LogP contribution is -2.11. The lowest BCUT2D eigenvalue weighted by atomic mass is 9.88. The molecule has 0 unspecified atom stereocenters. The first-order chi connectivity index (χ1) is 27.8. The second-order valence-corrected chi connectivity index (χ2v) is 14.5. The number of rotatable bonds is 7. The highest BCUT2D eigenvalue weighted by molar-refractivity contribution is 6.28. The van der Waals surface area contributed by atoms with Gasteiger partial charge in [0.15, 0.2) is 0 Å². The van der Waals surface area contributed by atoms with Gasteiger partial charge in [0.25, 0.3) is 0 Å². The number of benzene rings is 11. The van der Waals surface area contributed by atoms with E-state index in [0.717, 1.165) is 34.1 Å². The van der Waals surface area contributed by atoms with Gasteiger partial charge in [-0.15, -0.1) is 0 Å². The summed E-state index contributed by atoms with van der Waals surface area (Å²) in [5.74, 6) is 0. The molecule has 0 heterocycles. The standard InChI is InChI=1S/C54H36N2/c1-3-20-42(21-4-1)55(50-26-12-16-37-14-7-9-24-45(37)50)44-32-28-39(29-33-44)49-36-52(48-35-31-41-19-11-18-40-30-34-47(49)54(48)53(40)41)56(43-22-5-2-6-23-43)51-27-13-17-38-15-8-10-25-46(38)51/h1-36H. The molecule has 0 aliphatic rings. The van der Waals surface area contributed by atoms with Gasteiger partial charge in [-0.1, -0.05) is 164 Å². The van der Waals surface area contributed by atoms with Crippen molar-refractivity contribution in [3.8, 4) is 11.1 Å². The van der Waals surface area contributed by atoms with Crippen LogP contribution in [0.1, 0.15) is 0 Å². The molecule has 0 saturated heterocycles. The van der Waals surface area contributed by atoms with Crippen LogP contribution in [0, 0.1) is 0 Å². The number of hydrogen-bond acceptors (Lipinski definition) is 2. The molecule has 0 aliphatic carbocycles. The maximum absolute atomic E-state index is 2.46. The number of fused-ring (bicyclic) bond motifs is 2. The summed E-state index contributed by atoms with van der Waals surface area (Å²) in [4.78, 5) is 4.84. The quantitative estimate of drug-likeness (QED) is 0.152. The summed E-state index contributed by atoms with van der Waals surface area (Å²) in [6.07, 6.45) is 0. The van der Waals surface area contributed by atoms with Gasteiger partial charge in [-0.05, 0) is 98.0 Å². The third-order valence-corrected chi connectivity index (χ3v) is 11.3. The van der Waals surface area contributed by atoms with Crippen LogP contribution in [0.25, 0.3) is 65.0 Å². The fraction of sp³-hybridized carbons (Fsp3) is 0. The van der Waals surface area contributed by atoms with Crippen LogP contribution in [0.15, 0.2) is 218 Å². The number of hydrogen-bond donors (Lipinski definition) is 0. The second-order valence-electron chi connectivity index (χ2n) is 14.5. The molecular weight excluding hydrogens is 677 g/mol. The molecule has 11 aromatic rings. The van der Waals surface area contributed by atoms with Crippen molar-refractivity contribution in [2.75, 3.05) is 9.80 Å². The second kappa shape index (κ2) is 13.2. The van der Waals surface area contributed by atoms with Crippen LogP contribution in [-0.2, 0) is 0 Å². The fourth-order valence-corrected chi connectivity index (χ4v) is 8.82. The minimum absolute atomic E-state index is 1.11. The Morgan fingerprint density at radius 1 is 0.250 bits per heavy atom. The monoisotopic (exact) mass is 712 g/mol. The molecule has 0 aromatic heterocycles. The molecule has 2 nitrogen and oxygen atoms in total. The van der Waals surface area contributed by atoms with Gasteiger partial charge in [0.2, 0.25) is 0 Å². The predicted octanol–water partition coefficient (Wildman–Crippen LogP) is 15.5. The first-order valence-electron chi connectivity index (χ1n) is 19.3. The van der Waals surface area contributed by atoms with Crippen LogP contribution >= 0.6 is 0 Å². The largest absolute Gasteiger partial charge is 0.310 e. The topological polar surface area (TPSA) is 6.48 Å². The molecule has 0 N–H and O–H groups in total. The Morgan fingerprint density at radius 2 is 0.714 bits per heavy atom. The van der Waals surface area contributed by atoms with Gasteiger partial charge < -0.3 is 9.80 Å². The van der Waals surface area contributed by atoms with E-state index in [1.165, 1.54) is 65.0 Å². The number of para-hydroxylation sites is 2. The Kier molecular flexibility index (Phi) is 7.53. The molecule has 0 spiro atoms. The molecule has 0 fully saturated rings. The molecule has 0 amide bonds. The van der Waals surface area contributed by atoms with Crippen LogP contribution in [0.5, 0.6) is 0 Å². The van der Waals surface area contributed by atoms with Crippen molar-refractivity contribution in [1.29, 1.82) is 0 Å². The molecule has 0 atom stereocenters. The Bertz CT molecular complexity index is 3160.